The number of carboxylic acid groups (broad SMARTS) is 1. The van der Waals surface area contributed by atoms with E-state index in [0.717, 1.165) is 0 Å². The molecule has 0 spiro atoms. The minimum atomic E-state index is -4.01. The summed E-state index contributed by atoms with van der Waals surface area (Å²) in [7, 11) is -2.73. The molecule has 3 N–H and O–H groups in total. The van der Waals surface area contributed by atoms with Crippen LogP contribution in [0.15, 0.2) is 23.1 Å². The normalized spacial score (nSPS) is 13.0. The average molecular weight is 310 g/mol. The number of ether oxygens (including phenoxy) is 1. The molecule has 0 aromatic heterocycles. The lowest BCUT2D eigenvalue weighted by Gasteiger charge is -2.12. The lowest BCUT2D eigenvalue weighted by atomic mass is 10.3. The van der Waals surface area contributed by atoms with Crippen LogP contribution < -0.4 is 9.46 Å². The minimum absolute atomic E-state index is 0.0183. The van der Waals surface area contributed by atoms with E-state index in [1.165, 1.54) is 25.3 Å². The maximum atomic E-state index is 11.9. The van der Waals surface area contributed by atoms with Gasteiger partial charge in [-0.25, -0.2) is 17.9 Å². The van der Waals surface area contributed by atoms with Crippen LogP contribution in [0.2, 0.25) is 5.02 Å². The Morgan fingerprint density at radius 3 is 2.68 bits per heavy atom. The highest BCUT2D eigenvalue weighted by Gasteiger charge is 2.22. The highest BCUT2D eigenvalue weighted by Crippen LogP contribution is 2.26. The second-order valence-electron chi connectivity index (χ2n) is 3.50. The maximum Gasteiger partial charge on any atom is 0.333 e. The number of carboxylic acids is 1. The number of aliphatic carboxylic acids is 1. The predicted octanol–water partition coefficient (Wildman–Crippen LogP) is 0.0724. The Balaban J connectivity index is 2.98. The third-order valence-electron chi connectivity index (χ3n) is 2.17. The number of rotatable bonds is 6. The Hall–Kier alpha value is -1.35. The third-order valence-corrected chi connectivity index (χ3v) is 3.87. The highest BCUT2D eigenvalue weighted by molar-refractivity contribution is 7.89. The molecule has 0 saturated heterocycles. The smallest absolute Gasteiger partial charge is 0.333 e. The van der Waals surface area contributed by atoms with Crippen molar-refractivity contribution in [3.8, 4) is 5.75 Å². The molecule has 0 amide bonds. The molecule has 0 aliphatic carbocycles. The van der Waals surface area contributed by atoms with Crippen molar-refractivity contribution in [1.29, 1.82) is 0 Å². The van der Waals surface area contributed by atoms with Crippen molar-refractivity contribution in [2.45, 2.75) is 11.0 Å². The van der Waals surface area contributed by atoms with Gasteiger partial charge in [0.2, 0.25) is 10.0 Å². The number of sulfonamides is 1. The third kappa shape index (κ3) is 4.06. The zero-order valence-electron chi connectivity index (χ0n) is 9.83. The van der Waals surface area contributed by atoms with Crippen LogP contribution in [0.3, 0.4) is 0 Å². The summed E-state index contributed by atoms with van der Waals surface area (Å²) < 4.78 is 30.7. The summed E-state index contributed by atoms with van der Waals surface area (Å²) in [5, 5.41) is 17.8. The number of carbonyl (C=O) groups is 1. The van der Waals surface area contributed by atoms with E-state index in [2.05, 4.69) is 0 Å². The van der Waals surface area contributed by atoms with Crippen molar-refractivity contribution in [2.24, 2.45) is 0 Å². The lowest BCUT2D eigenvalue weighted by Crippen LogP contribution is -2.36. The minimum Gasteiger partial charge on any atom is -0.495 e. The molecular formula is C10H12ClNO6S. The first-order valence-electron chi connectivity index (χ1n) is 5.02. The number of nitrogens with one attached hydrogen (secondary N) is 1. The van der Waals surface area contributed by atoms with Crippen LogP contribution in [0.5, 0.6) is 5.75 Å². The molecule has 1 aromatic rings. The standard InChI is InChI=1S/C10H12ClNO6S/c1-18-8-4-6(11)2-3-9(8)19(16,17)12-5-7(13)10(14)15/h2-4,7,12-13H,5H2,1H3,(H,14,15)/t7-/m0/s1. The predicted molar refractivity (Wildman–Crippen MR) is 66.8 cm³/mol. The zero-order valence-corrected chi connectivity index (χ0v) is 11.4. The molecule has 0 fully saturated rings. The Kier molecular flexibility index (Phi) is 5.12. The molecule has 0 unspecified atom stereocenters. The van der Waals surface area contributed by atoms with Gasteiger partial charge in [-0.2, -0.15) is 0 Å². The van der Waals surface area contributed by atoms with Crippen molar-refractivity contribution in [3.63, 3.8) is 0 Å². The fourth-order valence-electron chi connectivity index (χ4n) is 1.22. The molecule has 1 aromatic carbocycles. The largest absolute Gasteiger partial charge is 0.495 e. The monoisotopic (exact) mass is 309 g/mol. The highest BCUT2D eigenvalue weighted by atomic mass is 35.5. The number of benzene rings is 1. The molecule has 1 rings (SSSR count). The van der Waals surface area contributed by atoms with Crippen LogP contribution >= 0.6 is 11.6 Å². The van der Waals surface area contributed by atoms with E-state index in [0.29, 0.717) is 5.02 Å². The SMILES string of the molecule is COc1cc(Cl)ccc1S(=O)(=O)NC[C@H](O)C(=O)O. The Morgan fingerprint density at radius 2 is 2.16 bits per heavy atom. The van der Waals surface area contributed by atoms with Gasteiger partial charge in [0.25, 0.3) is 0 Å². The van der Waals surface area contributed by atoms with E-state index in [-0.39, 0.29) is 10.6 Å². The van der Waals surface area contributed by atoms with E-state index in [4.69, 9.17) is 26.6 Å². The van der Waals surface area contributed by atoms with Crippen molar-refractivity contribution < 1.29 is 28.2 Å². The van der Waals surface area contributed by atoms with Gasteiger partial charge in [-0.1, -0.05) is 11.6 Å². The summed E-state index contributed by atoms with van der Waals surface area (Å²) in [5.74, 6) is -1.50. The van der Waals surface area contributed by atoms with Crippen molar-refractivity contribution >= 4 is 27.6 Å². The van der Waals surface area contributed by atoms with Gasteiger partial charge in [0, 0.05) is 17.6 Å². The summed E-state index contributed by atoms with van der Waals surface area (Å²) >= 11 is 5.70. The molecule has 0 aliphatic heterocycles. The molecule has 0 heterocycles. The zero-order chi connectivity index (χ0) is 14.6. The first-order chi connectivity index (χ1) is 8.77. The first-order valence-corrected chi connectivity index (χ1v) is 6.88. The second kappa shape index (κ2) is 6.20. The van der Waals surface area contributed by atoms with Crippen LogP contribution in [0.25, 0.3) is 0 Å². The van der Waals surface area contributed by atoms with Crippen molar-refractivity contribution in [1.82, 2.24) is 4.72 Å². The lowest BCUT2D eigenvalue weighted by molar-refractivity contribution is -0.146. The number of hydrogen-bond acceptors (Lipinski definition) is 5. The van der Waals surface area contributed by atoms with Crippen molar-refractivity contribution in [3.05, 3.63) is 23.2 Å². The Morgan fingerprint density at radius 1 is 1.53 bits per heavy atom. The van der Waals surface area contributed by atoms with Gasteiger partial charge in [0.15, 0.2) is 6.10 Å². The summed E-state index contributed by atoms with van der Waals surface area (Å²) in [5.41, 5.74) is 0. The number of aliphatic hydroxyl groups excluding tert-OH is 1. The van der Waals surface area contributed by atoms with E-state index in [1.807, 2.05) is 4.72 Å². The fourth-order valence-corrected chi connectivity index (χ4v) is 2.57. The van der Waals surface area contributed by atoms with Gasteiger partial charge >= 0.3 is 5.97 Å². The first kappa shape index (κ1) is 15.7. The maximum absolute atomic E-state index is 11.9. The second-order valence-corrected chi connectivity index (χ2v) is 5.67. The number of methoxy groups -OCH3 is 1. The van der Waals surface area contributed by atoms with Gasteiger partial charge in [0.05, 0.1) is 7.11 Å². The van der Waals surface area contributed by atoms with E-state index >= 15 is 0 Å². The molecule has 19 heavy (non-hydrogen) atoms. The molecule has 0 saturated carbocycles. The van der Waals surface area contributed by atoms with Crippen LogP contribution in [0.4, 0.5) is 0 Å². The fraction of sp³-hybridized carbons (Fsp3) is 0.300. The summed E-state index contributed by atoms with van der Waals surface area (Å²) in [6.07, 6.45) is -1.83. The average Bonchev–Trinajstić information content (AvgIpc) is 2.35. The number of halogens is 1. The molecule has 7 nitrogen and oxygen atoms in total. The van der Waals surface area contributed by atoms with Gasteiger partial charge < -0.3 is 14.9 Å². The van der Waals surface area contributed by atoms with Gasteiger partial charge in [0.1, 0.15) is 10.6 Å². The van der Waals surface area contributed by atoms with Crippen molar-refractivity contribution in [2.75, 3.05) is 13.7 Å². The topological polar surface area (TPSA) is 113 Å². The van der Waals surface area contributed by atoms with Crippen LogP contribution in [0.1, 0.15) is 0 Å². The van der Waals surface area contributed by atoms with Gasteiger partial charge in [-0.05, 0) is 12.1 Å². The molecule has 0 aliphatic rings. The van der Waals surface area contributed by atoms with E-state index in [9.17, 15) is 13.2 Å². The molecule has 0 bridgehead atoms. The molecule has 0 radical (unpaired) electrons. The number of aliphatic hydroxyl groups is 1. The molecule has 9 heteroatoms. The summed E-state index contributed by atoms with van der Waals surface area (Å²) in [6, 6.07) is 3.88. The van der Waals surface area contributed by atoms with Crippen LogP contribution in [0, 0.1) is 0 Å². The Labute approximate surface area is 114 Å². The number of hydrogen-bond donors (Lipinski definition) is 3. The molecule has 1 atom stereocenters. The van der Waals surface area contributed by atoms with Gasteiger partial charge in [-0.15, -0.1) is 0 Å². The molecule has 106 valence electrons. The van der Waals surface area contributed by atoms with E-state index in [1.54, 1.807) is 0 Å². The van der Waals surface area contributed by atoms with E-state index < -0.39 is 28.6 Å². The summed E-state index contributed by atoms with van der Waals surface area (Å²) in [6.45, 7) is -0.649. The molecular weight excluding hydrogens is 298 g/mol. The Bertz CT molecular complexity index is 573. The van der Waals surface area contributed by atoms with Crippen LogP contribution in [-0.4, -0.2) is 44.4 Å². The van der Waals surface area contributed by atoms with Gasteiger partial charge in [-0.3, -0.25) is 0 Å². The quantitative estimate of drug-likeness (QED) is 0.685. The summed E-state index contributed by atoms with van der Waals surface area (Å²) in [4.78, 5) is 10.2. The van der Waals surface area contributed by atoms with Crippen LogP contribution in [-0.2, 0) is 14.8 Å².